The topological polar surface area (TPSA) is 69.5 Å². The number of aliphatic hydroxyl groups is 1. The Labute approximate surface area is 210 Å². The largest absolute Gasteiger partial charge is 0.382 e. The molecule has 0 amide bonds. The first-order valence-corrected chi connectivity index (χ1v) is 12.8. The molecule has 3 heterocycles. The molecule has 0 aliphatic carbocycles. The van der Waals surface area contributed by atoms with Crippen LogP contribution in [0.5, 0.6) is 0 Å². The lowest BCUT2D eigenvalue weighted by Crippen LogP contribution is -2.52. The lowest BCUT2D eigenvalue weighted by atomic mass is 9.90. The van der Waals surface area contributed by atoms with Crippen LogP contribution in [0.15, 0.2) is 61.2 Å². The van der Waals surface area contributed by atoms with Crippen molar-refractivity contribution in [1.29, 1.82) is 0 Å². The van der Waals surface area contributed by atoms with Crippen LogP contribution < -0.4 is 5.32 Å². The number of β-amino-alcohol motifs (C(OH)–C–C–N with tert-alkyl or cyclic N) is 1. The number of nitrogens with zero attached hydrogens (tertiary/aromatic N) is 5. The molecule has 36 heavy (non-hydrogen) atoms. The summed E-state index contributed by atoms with van der Waals surface area (Å²) < 4.78 is 29.8. The third kappa shape index (κ3) is 5.91. The van der Waals surface area contributed by atoms with Gasteiger partial charge in [0, 0.05) is 49.0 Å². The lowest BCUT2D eigenvalue weighted by Gasteiger charge is -2.43. The summed E-state index contributed by atoms with van der Waals surface area (Å²) in [7, 11) is 0. The summed E-state index contributed by atoms with van der Waals surface area (Å²) >= 11 is 0. The van der Waals surface area contributed by atoms with Gasteiger partial charge in [-0.15, -0.1) is 0 Å². The summed E-state index contributed by atoms with van der Waals surface area (Å²) in [6.07, 6.45) is 7.12. The number of hydrogen-bond donors (Lipinski definition) is 2. The summed E-state index contributed by atoms with van der Waals surface area (Å²) in [6.45, 7) is 4.06. The van der Waals surface area contributed by atoms with Gasteiger partial charge in [-0.1, -0.05) is 24.3 Å². The molecule has 7 nitrogen and oxygen atoms in total. The van der Waals surface area contributed by atoms with Gasteiger partial charge in [-0.25, -0.2) is 18.4 Å². The van der Waals surface area contributed by atoms with Crippen LogP contribution in [0.25, 0.3) is 0 Å². The molecule has 2 fully saturated rings. The van der Waals surface area contributed by atoms with Gasteiger partial charge in [0.2, 0.25) is 0 Å². The minimum Gasteiger partial charge on any atom is -0.382 e. The standard InChI is InChI=1S/C27H34F2N6O/c28-21-6-7-25(26(29)16-21)27(36,18-35-20-30-19-31-35)17-33-12-10-24(11-13-33)34-14-8-23(9-15-34)32-22-4-2-1-3-5-22/h1-7,16,19-20,23-24,32,36H,8-15,17-18H2. The second-order valence-electron chi connectivity index (χ2n) is 10.1. The van der Waals surface area contributed by atoms with E-state index in [9.17, 15) is 13.9 Å². The van der Waals surface area contributed by atoms with Crippen molar-refractivity contribution >= 4 is 5.69 Å². The summed E-state index contributed by atoms with van der Waals surface area (Å²) in [5, 5.41) is 19.4. The quantitative estimate of drug-likeness (QED) is 0.498. The van der Waals surface area contributed by atoms with Crippen LogP contribution >= 0.6 is 0 Å². The molecule has 1 atom stereocenters. The first-order chi connectivity index (χ1) is 17.5. The van der Waals surface area contributed by atoms with Crippen molar-refractivity contribution in [2.24, 2.45) is 0 Å². The number of anilines is 1. The van der Waals surface area contributed by atoms with Crippen LogP contribution in [0.1, 0.15) is 31.2 Å². The molecule has 0 radical (unpaired) electrons. The Balaban J connectivity index is 1.17. The van der Waals surface area contributed by atoms with E-state index in [2.05, 4.69) is 49.5 Å². The molecular weight excluding hydrogens is 462 g/mol. The molecule has 1 unspecified atom stereocenters. The maximum Gasteiger partial charge on any atom is 0.137 e. The van der Waals surface area contributed by atoms with E-state index in [4.69, 9.17) is 0 Å². The minimum atomic E-state index is -1.56. The zero-order valence-electron chi connectivity index (χ0n) is 20.4. The Hall–Kier alpha value is -2.88. The number of aromatic nitrogens is 3. The molecular formula is C27H34F2N6O. The first kappa shape index (κ1) is 24.8. The highest BCUT2D eigenvalue weighted by Crippen LogP contribution is 2.30. The van der Waals surface area contributed by atoms with Gasteiger partial charge in [0.1, 0.15) is 29.9 Å². The Bertz CT molecular complexity index is 1100. The SMILES string of the molecule is OC(CN1CCC(N2CCC(Nc3ccccc3)CC2)CC1)(Cn1cncn1)c1ccc(F)cc1F. The molecule has 2 N–H and O–H groups in total. The Kier molecular flexibility index (Phi) is 7.59. The molecule has 0 spiro atoms. The zero-order chi connectivity index (χ0) is 25.0. The highest BCUT2D eigenvalue weighted by atomic mass is 19.1. The van der Waals surface area contributed by atoms with Gasteiger partial charge in [-0.05, 0) is 57.0 Å². The van der Waals surface area contributed by atoms with E-state index >= 15 is 0 Å². The average Bonchev–Trinajstić information content (AvgIpc) is 3.38. The van der Waals surface area contributed by atoms with Gasteiger partial charge in [-0.3, -0.25) is 4.90 Å². The normalized spacial score (nSPS) is 20.3. The molecule has 192 valence electrons. The predicted octanol–water partition coefficient (Wildman–Crippen LogP) is 3.49. The average molecular weight is 497 g/mol. The van der Waals surface area contributed by atoms with Crippen LogP contribution in [0.4, 0.5) is 14.5 Å². The molecule has 0 saturated carbocycles. The summed E-state index contributed by atoms with van der Waals surface area (Å²) in [6, 6.07) is 14.7. The Morgan fingerprint density at radius 3 is 2.36 bits per heavy atom. The smallest absolute Gasteiger partial charge is 0.137 e. The number of halogens is 2. The van der Waals surface area contributed by atoms with Gasteiger partial charge >= 0.3 is 0 Å². The fraction of sp³-hybridized carbons (Fsp3) is 0.481. The first-order valence-electron chi connectivity index (χ1n) is 12.8. The molecule has 2 aliphatic heterocycles. The molecule has 1 aromatic heterocycles. The van der Waals surface area contributed by atoms with E-state index in [1.807, 2.05) is 6.07 Å². The maximum atomic E-state index is 14.7. The van der Waals surface area contributed by atoms with E-state index in [1.54, 1.807) is 0 Å². The highest BCUT2D eigenvalue weighted by Gasteiger charge is 2.37. The van der Waals surface area contributed by atoms with E-state index < -0.39 is 17.2 Å². The molecule has 2 aromatic carbocycles. The zero-order valence-corrected chi connectivity index (χ0v) is 20.4. The van der Waals surface area contributed by atoms with Crippen LogP contribution in [0, 0.1) is 11.6 Å². The minimum absolute atomic E-state index is 0.0391. The van der Waals surface area contributed by atoms with Crippen molar-refractivity contribution in [2.45, 2.75) is 49.9 Å². The number of benzene rings is 2. The third-order valence-corrected chi connectivity index (χ3v) is 7.56. The predicted molar refractivity (Wildman–Crippen MR) is 134 cm³/mol. The summed E-state index contributed by atoms with van der Waals surface area (Å²) in [5.74, 6) is -1.41. The number of likely N-dealkylation sites (tertiary alicyclic amines) is 2. The van der Waals surface area contributed by atoms with E-state index in [0.29, 0.717) is 12.1 Å². The van der Waals surface area contributed by atoms with Gasteiger partial charge in [0.25, 0.3) is 0 Å². The van der Waals surface area contributed by atoms with Gasteiger partial charge < -0.3 is 15.3 Å². The molecule has 5 rings (SSSR count). The number of piperidine rings is 2. The lowest BCUT2D eigenvalue weighted by molar-refractivity contribution is -0.0323. The van der Waals surface area contributed by atoms with Crippen LogP contribution in [0.2, 0.25) is 0 Å². The fourth-order valence-electron chi connectivity index (χ4n) is 5.66. The van der Waals surface area contributed by atoms with Crippen molar-refractivity contribution in [2.75, 3.05) is 38.0 Å². The second-order valence-corrected chi connectivity index (χ2v) is 10.1. The summed E-state index contributed by atoms with van der Waals surface area (Å²) in [5.41, 5.74) is -0.297. The Morgan fingerprint density at radius 2 is 1.69 bits per heavy atom. The Morgan fingerprint density at radius 1 is 0.944 bits per heavy atom. The van der Waals surface area contributed by atoms with Crippen molar-refractivity contribution < 1.29 is 13.9 Å². The monoisotopic (exact) mass is 496 g/mol. The molecule has 2 saturated heterocycles. The van der Waals surface area contributed by atoms with Crippen molar-refractivity contribution in [3.8, 4) is 0 Å². The number of para-hydroxylation sites is 1. The van der Waals surface area contributed by atoms with Crippen molar-refractivity contribution in [1.82, 2.24) is 24.6 Å². The number of nitrogens with one attached hydrogen (secondary N) is 1. The second kappa shape index (κ2) is 11.0. The number of hydrogen-bond acceptors (Lipinski definition) is 6. The maximum absolute atomic E-state index is 14.7. The summed E-state index contributed by atoms with van der Waals surface area (Å²) in [4.78, 5) is 8.72. The van der Waals surface area contributed by atoms with Gasteiger partial charge in [0.05, 0.1) is 6.54 Å². The van der Waals surface area contributed by atoms with Crippen LogP contribution in [0.3, 0.4) is 0 Å². The third-order valence-electron chi connectivity index (χ3n) is 7.56. The highest BCUT2D eigenvalue weighted by molar-refractivity contribution is 5.43. The van der Waals surface area contributed by atoms with Crippen LogP contribution in [-0.4, -0.2) is 74.5 Å². The van der Waals surface area contributed by atoms with E-state index in [-0.39, 0.29) is 18.7 Å². The van der Waals surface area contributed by atoms with Crippen LogP contribution in [-0.2, 0) is 12.1 Å². The fourth-order valence-corrected chi connectivity index (χ4v) is 5.66. The molecule has 2 aliphatic rings. The number of rotatable bonds is 8. The molecule has 9 heteroatoms. The molecule has 0 bridgehead atoms. The van der Waals surface area contributed by atoms with E-state index in [0.717, 1.165) is 57.9 Å². The van der Waals surface area contributed by atoms with Crippen molar-refractivity contribution in [3.05, 3.63) is 78.4 Å². The van der Waals surface area contributed by atoms with Gasteiger partial charge in [-0.2, -0.15) is 5.10 Å². The molecule has 3 aromatic rings. The van der Waals surface area contributed by atoms with E-state index in [1.165, 1.54) is 35.2 Å². The van der Waals surface area contributed by atoms with Gasteiger partial charge in [0.15, 0.2) is 0 Å². The van der Waals surface area contributed by atoms with Crippen molar-refractivity contribution in [3.63, 3.8) is 0 Å².